The third kappa shape index (κ3) is 1.50. The second-order valence-corrected chi connectivity index (χ2v) is 2.75. The van der Waals surface area contributed by atoms with Crippen LogP contribution >= 0.6 is 0 Å². The molecule has 2 heteroatoms. The number of ether oxygens (including phenoxy) is 1. The summed E-state index contributed by atoms with van der Waals surface area (Å²) in [6, 6.07) is 0. The van der Waals surface area contributed by atoms with Crippen LogP contribution in [0.1, 0.15) is 26.2 Å². The van der Waals surface area contributed by atoms with Crippen LogP contribution in [-0.4, -0.2) is 17.0 Å². The van der Waals surface area contributed by atoms with Gasteiger partial charge < -0.3 is 9.84 Å². The van der Waals surface area contributed by atoms with E-state index in [1.165, 1.54) is 0 Å². The Morgan fingerprint density at radius 2 is 2.50 bits per heavy atom. The Bertz CT molecular complexity index is 159. The van der Waals surface area contributed by atoms with E-state index in [-0.39, 0.29) is 6.10 Å². The van der Waals surface area contributed by atoms with Crippen molar-refractivity contribution < 1.29 is 9.84 Å². The Labute approximate surface area is 61.2 Å². The van der Waals surface area contributed by atoms with E-state index in [9.17, 15) is 5.11 Å². The van der Waals surface area contributed by atoms with Crippen molar-refractivity contribution in [1.29, 1.82) is 0 Å². The smallest absolute Gasteiger partial charge is 0.231 e. The van der Waals surface area contributed by atoms with Gasteiger partial charge in [-0.25, -0.2) is 0 Å². The van der Waals surface area contributed by atoms with Crippen LogP contribution in [-0.2, 0) is 4.74 Å². The van der Waals surface area contributed by atoms with Gasteiger partial charge in [-0.2, -0.15) is 0 Å². The number of hydrogen-bond acceptors (Lipinski definition) is 2. The monoisotopic (exact) mass is 140 g/mol. The van der Waals surface area contributed by atoms with Crippen molar-refractivity contribution in [1.82, 2.24) is 0 Å². The molecule has 2 unspecified atom stereocenters. The van der Waals surface area contributed by atoms with Gasteiger partial charge in [0.05, 0.1) is 6.10 Å². The molecule has 0 aromatic heterocycles. The first kappa shape index (κ1) is 7.59. The second kappa shape index (κ2) is 2.61. The molecule has 0 amide bonds. The molecule has 1 rings (SSSR count). The minimum absolute atomic E-state index is 0.0924. The molecule has 56 valence electrons. The first-order chi connectivity index (χ1) is 4.66. The summed E-state index contributed by atoms with van der Waals surface area (Å²) in [5.41, 5.74) is 0. The van der Waals surface area contributed by atoms with E-state index in [1.54, 1.807) is 0 Å². The van der Waals surface area contributed by atoms with Crippen LogP contribution in [0.5, 0.6) is 0 Å². The molecule has 0 aliphatic carbocycles. The van der Waals surface area contributed by atoms with Gasteiger partial charge in [0.2, 0.25) is 5.79 Å². The molecule has 0 bridgehead atoms. The Morgan fingerprint density at radius 3 is 2.90 bits per heavy atom. The lowest BCUT2D eigenvalue weighted by molar-refractivity contribution is -0.209. The van der Waals surface area contributed by atoms with Crippen molar-refractivity contribution in [3.05, 3.63) is 0 Å². The zero-order valence-electron chi connectivity index (χ0n) is 6.13. The van der Waals surface area contributed by atoms with Gasteiger partial charge in [0.1, 0.15) is 0 Å². The predicted octanol–water partition coefficient (Wildman–Crippen LogP) is 0.897. The van der Waals surface area contributed by atoms with E-state index >= 15 is 0 Å². The zero-order valence-corrected chi connectivity index (χ0v) is 6.13. The van der Waals surface area contributed by atoms with Crippen molar-refractivity contribution in [3.63, 3.8) is 0 Å². The maximum Gasteiger partial charge on any atom is 0.231 e. The van der Waals surface area contributed by atoms with Crippen molar-refractivity contribution in [2.24, 2.45) is 0 Å². The number of rotatable bonds is 0. The highest BCUT2D eigenvalue weighted by molar-refractivity contribution is 5.02. The molecule has 1 saturated heterocycles. The summed E-state index contributed by atoms with van der Waals surface area (Å²) in [6.45, 7) is 1.92. The summed E-state index contributed by atoms with van der Waals surface area (Å²) < 4.78 is 5.14. The minimum Gasteiger partial charge on any atom is -0.356 e. The highest BCUT2D eigenvalue weighted by Gasteiger charge is 2.30. The summed E-state index contributed by atoms with van der Waals surface area (Å²) in [5, 5.41) is 9.39. The number of aliphatic hydroxyl groups is 1. The maximum atomic E-state index is 9.39. The van der Waals surface area contributed by atoms with E-state index in [2.05, 4.69) is 5.92 Å². The Hall–Kier alpha value is -0.520. The van der Waals surface area contributed by atoms with Crippen LogP contribution < -0.4 is 0 Å². The normalized spacial score (nSPS) is 40.7. The molecule has 1 aliphatic heterocycles. The molecule has 1 heterocycles. The molecule has 0 radical (unpaired) electrons. The minimum atomic E-state index is -1.28. The van der Waals surface area contributed by atoms with Crippen molar-refractivity contribution in [2.45, 2.75) is 38.1 Å². The van der Waals surface area contributed by atoms with E-state index in [0.29, 0.717) is 6.42 Å². The average molecular weight is 140 g/mol. The standard InChI is InChI=1S/C8H12O2/c1-3-8(9)6-4-5-7(2)10-8/h1,7,9H,4-6H2,2H3. The molecule has 0 aromatic rings. The summed E-state index contributed by atoms with van der Waals surface area (Å²) >= 11 is 0. The molecule has 2 atom stereocenters. The van der Waals surface area contributed by atoms with Crippen molar-refractivity contribution in [3.8, 4) is 12.3 Å². The third-order valence-electron chi connectivity index (χ3n) is 1.75. The first-order valence-corrected chi connectivity index (χ1v) is 3.54. The van der Waals surface area contributed by atoms with Crippen LogP contribution in [0.2, 0.25) is 0 Å². The fourth-order valence-electron chi connectivity index (χ4n) is 1.19. The molecule has 0 saturated carbocycles. The van der Waals surface area contributed by atoms with E-state index in [1.807, 2.05) is 6.92 Å². The van der Waals surface area contributed by atoms with Gasteiger partial charge in [-0.3, -0.25) is 0 Å². The molecule has 0 spiro atoms. The van der Waals surface area contributed by atoms with Gasteiger partial charge >= 0.3 is 0 Å². The van der Waals surface area contributed by atoms with Gasteiger partial charge in [0.25, 0.3) is 0 Å². The van der Waals surface area contributed by atoms with Gasteiger partial charge in [-0.15, -0.1) is 6.42 Å². The molecule has 1 aliphatic rings. The van der Waals surface area contributed by atoms with Crippen molar-refractivity contribution >= 4 is 0 Å². The molecule has 2 nitrogen and oxygen atoms in total. The lowest BCUT2D eigenvalue weighted by Gasteiger charge is -2.31. The van der Waals surface area contributed by atoms with Crippen molar-refractivity contribution in [2.75, 3.05) is 0 Å². The highest BCUT2D eigenvalue weighted by Crippen LogP contribution is 2.25. The molecule has 10 heavy (non-hydrogen) atoms. The molecule has 1 N–H and O–H groups in total. The number of terminal acetylenes is 1. The summed E-state index contributed by atoms with van der Waals surface area (Å²) in [7, 11) is 0. The second-order valence-electron chi connectivity index (χ2n) is 2.75. The largest absolute Gasteiger partial charge is 0.356 e. The van der Waals surface area contributed by atoms with Gasteiger partial charge in [0, 0.05) is 6.42 Å². The SMILES string of the molecule is C#CC1(O)CCCC(C)O1. The Balaban J connectivity index is 2.56. The first-order valence-electron chi connectivity index (χ1n) is 3.54. The van der Waals surface area contributed by atoms with Crippen LogP contribution in [0.4, 0.5) is 0 Å². The number of hydrogen-bond donors (Lipinski definition) is 1. The van der Waals surface area contributed by atoms with Gasteiger partial charge in [-0.05, 0) is 25.7 Å². The van der Waals surface area contributed by atoms with Gasteiger partial charge in [-0.1, -0.05) is 0 Å². The lowest BCUT2D eigenvalue weighted by atomic mass is 10.0. The topological polar surface area (TPSA) is 29.5 Å². The zero-order chi connectivity index (χ0) is 7.61. The Morgan fingerprint density at radius 1 is 1.80 bits per heavy atom. The summed E-state index contributed by atoms with van der Waals surface area (Å²) in [6.07, 6.45) is 7.67. The van der Waals surface area contributed by atoms with Crippen LogP contribution in [0.25, 0.3) is 0 Å². The van der Waals surface area contributed by atoms with E-state index in [4.69, 9.17) is 11.2 Å². The van der Waals surface area contributed by atoms with Crippen LogP contribution in [0.15, 0.2) is 0 Å². The van der Waals surface area contributed by atoms with E-state index < -0.39 is 5.79 Å². The van der Waals surface area contributed by atoms with E-state index in [0.717, 1.165) is 12.8 Å². The summed E-state index contributed by atoms with van der Waals surface area (Å²) in [5.74, 6) is 0.964. The summed E-state index contributed by atoms with van der Waals surface area (Å²) in [4.78, 5) is 0. The molecule has 0 aromatic carbocycles. The fraction of sp³-hybridized carbons (Fsp3) is 0.750. The third-order valence-corrected chi connectivity index (χ3v) is 1.75. The van der Waals surface area contributed by atoms with Crippen LogP contribution in [0.3, 0.4) is 0 Å². The van der Waals surface area contributed by atoms with Gasteiger partial charge in [0.15, 0.2) is 0 Å². The Kier molecular flexibility index (Phi) is 1.98. The van der Waals surface area contributed by atoms with Crippen LogP contribution in [0, 0.1) is 12.3 Å². The molecular weight excluding hydrogens is 128 g/mol. The quantitative estimate of drug-likeness (QED) is 0.506. The maximum absolute atomic E-state index is 9.39. The highest BCUT2D eigenvalue weighted by atomic mass is 16.6. The fourth-order valence-corrected chi connectivity index (χ4v) is 1.19. The average Bonchev–Trinajstić information content (AvgIpc) is 1.88. The molecular formula is C8H12O2. The molecule has 1 fully saturated rings. The predicted molar refractivity (Wildman–Crippen MR) is 38.2 cm³/mol. The lowest BCUT2D eigenvalue weighted by Crippen LogP contribution is -2.37.